The Kier molecular flexibility index (Phi) is 4.03. The maximum absolute atomic E-state index is 12.6. The molecule has 0 spiro atoms. The van der Waals surface area contributed by atoms with Gasteiger partial charge in [0.1, 0.15) is 0 Å². The standard InChI is InChI=1S/C19H18N2O4S/c1-10(22)16-4-5-17(26-16)11-2-3-13-14(6-11)18(23)20-7-12-8-21(19(24)25)9-15(12)13/h2-6,12,15H,7-9H2,1H3,(H,20,23)(H,24,25)/t12-,15-/m0/s1. The first-order chi connectivity index (χ1) is 12.4. The number of benzene rings is 1. The molecule has 2 atom stereocenters. The molecular formula is C19H18N2O4S. The molecule has 1 aromatic heterocycles. The number of nitrogens with zero attached hydrogens (tertiary/aromatic N) is 1. The van der Waals surface area contributed by atoms with E-state index in [1.54, 1.807) is 6.07 Å². The number of fused-ring (bicyclic) bond motifs is 3. The number of carbonyl (C=O) groups is 3. The molecule has 3 heterocycles. The fourth-order valence-electron chi connectivity index (χ4n) is 3.82. The average Bonchev–Trinajstić information content (AvgIpc) is 3.24. The van der Waals surface area contributed by atoms with Crippen LogP contribution in [0.15, 0.2) is 30.3 Å². The molecule has 1 saturated heterocycles. The molecule has 0 bridgehead atoms. The molecule has 7 heteroatoms. The third kappa shape index (κ3) is 2.78. The molecule has 2 N–H and O–H groups in total. The SMILES string of the molecule is CC(=O)c1ccc(-c2ccc3c(c2)C(=O)NC[C@H]2CN(C(=O)O)C[C@H]32)s1. The van der Waals surface area contributed by atoms with Gasteiger partial charge < -0.3 is 15.3 Å². The quantitative estimate of drug-likeness (QED) is 0.796. The Hall–Kier alpha value is -2.67. The average molecular weight is 370 g/mol. The molecule has 1 aromatic carbocycles. The number of thiophene rings is 1. The van der Waals surface area contributed by atoms with Crippen LogP contribution in [0.4, 0.5) is 4.79 Å². The second kappa shape index (κ2) is 6.25. The van der Waals surface area contributed by atoms with Gasteiger partial charge in [0.15, 0.2) is 5.78 Å². The number of likely N-dealkylation sites (tertiary alicyclic amines) is 1. The van der Waals surface area contributed by atoms with Crippen molar-refractivity contribution < 1.29 is 19.5 Å². The van der Waals surface area contributed by atoms with Gasteiger partial charge in [0.05, 0.1) is 4.88 Å². The molecule has 0 saturated carbocycles. The first kappa shape index (κ1) is 16.8. The normalized spacial score (nSPS) is 21.6. The van der Waals surface area contributed by atoms with E-state index in [4.69, 9.17) is 0 Å². The van der Waals surface area contributed by atoms with Crippen molar-refractivity contribution in [2.45, 2.75) is 12.8 Å². The zero-order valence-electron chi connectivity index (χ0n) is 14.2. The van der Waals surface area contributed by atoms with Crippen LogP contribution in [0.3, 0.4) is 0 Å². The van der Waals surface area contributed by atoms with Crippen molar-refractivity contribution in [1.82, 2.24) is 10.2 Å². The van der Waals surface area contributed by atoms with Crippen LogP contribution < -0.4 is 5.32 Å². The lowest BCUT2D eigenvalue weighted by Crippen LogP contribution is -2.31. The summed E-state index contributed by atoms with van der Waals surface area (Å²) in [5, 5.41) is 12.2. The number of carboxylic acid groups (broad SMARTS) is 1. The van der Waals surface area contributed by atoms with Crippen LogP contribution in [-0.2, 0) is 0 Å². The summed E-state index contributed by atoms with van der Waals surface area (Å²) in [6.45, 7) is 2.86. The highest BCUT2D eigenvalue weighted by Crippen LogP contribution is 2.38. The van der Waals surface area contributed by atoms with Gasteiger partial charge in [0.2, 0.25) is 0 Å². The molecule has 2 aliphatic heterocycles. The van der Waals surface area contributed by atoms with Gasteiger partial charge in [-0.3, -0.25) is 9.59 Å². The van der Waals surface area contributed by atoms with Crippen molar-refractivity contribution in [2.24, 2.45) is 5.92 Å². The first-order valence-electron chi connectivity index (χ1n) is 8.45. The lowest BCUT2D eigenvalue weighted by Gasteiger charge is -2.16. The van der Waals surface area contributed by atoms with Crippen molar-refractivity contribution in [3.05, 3.63) is 46.3 Å². The molecular weight excluding hydrogens is 352 g/mol. The number of amides is 2. The van der Waals surface area contributed by atoms with Gasteiger partial charge in [-0.1, -0.05) is 12.1 Å². The third-order valence-corrected chi connectivity index (χ3v) is 6.41. The highest BCUT2D eigenvalue weighted by molar-refractivity contribution is 7.17. The van der Waals surface area contributed by atoms with Gasteiger partial charge >= 0.3 is 6.09 Å². The number of ketones is 1. The van der Waals surface area contributed by atoms with Crippen LogP contribution in [0.25, 0.3) is 10.4 Å². The first-order valence-corrected chi connectivity index (χ1v) is 9.27. The molecule has 2 aromatic rings. The zero-order valence-corrected chi connectivity index (χ0v) is 15.0. The summed E-state index contributed by atoms with van der Waals surface area (Å²) in [7, 11) is 0. The Morgan fingerprint density at radius 1 is 1.23 bits per heavy atom. The van der Waals surface area contributed by atoms with Gasteiger partial charge in [-0.15, -0.1) is 11.3 Å². The highest BCUT2D eigenvalue weighted by Gasteiger charge is 2.39. The molecule has 1 fully saturated rings. The monoisotopic (exact) mass is 370 g/mol. The van der Waals surface area contributed by atoms with E-state index < -0.39 is 6.09 Å². The lowest BCUT2D eigenvalue weighted by atomic mass is 9.86. The number of hydrogen-bond donors (Lipinski definition) is 2. The van der Waals surface area contributed by atoms with E-state index >= 15 is 0 Å². The van der Waals surface area contributed by atoms with E-state index in [1.807, 2.05) is 24.3 Å². The number of nitrogens with one attached hydrogen (secondary N) is 1. The predicted octanol–water partition coefficient (Wildman–Crippen LogP) is 3.05. The Balaban J connectivity index is 1.73. The highest BCUT2D eigenvalue weighted by atomic mass is 32.1. The minimum atomic E-state index is -0.919. The van der Waals surface area contributed by atoms with E-state index in [0.717, 1.165) is 16.0 Å². The summed E-state index contributed by atoms with van der Waals surface area (Å²) < 4.78 is 0. The molecule has 2 aliphatic rings. The van der Waals surface area contributed by atoms with Crippen molar-refractivity contribution in [3.8, 4) is 10.4 Å². The fraction of sp³-hybridized carbons (Fsp3) is 0.316. The summed E-state index contributed by atoms with van der Waals surface area (Å²) in [4.78, 5) is 38.4. The zero-order chi connectivity index (χ0) is 18.4. The van der Waals surface area contributed by atoms with Crippen LogP contribution in [0.5, 0.6) is 0 Å². The molecule has 134 valence electrons. The van der Waals surface area contributed by atoms with E-state index in [1.165, 1.54) is 23.2 Å². The number of carbonyl (C=O) groups excluding carboxylic acids is 2. The topological polar surface area (TPSA) is 86.7 Å². The lowest BCUT2D eigenvalue weighted by molar-refractivity contribution is 0.0950. The molecule has 0 unspecified atom stereocenters. The number of hydrogen-bond acceptors (Lipinski definition) is 4. The summed E-state index contributed by atoms with van der Waals surface area (Å²) in [6, 6.07) is 9.43. The van der Waals surface area contributed by atoms with Gasteiger partial charge in [0, 0.05) is 41.9 Å². The van der Waals surface area contributed by atoms with Crippen molar-refractivity contribution in [3.63, 3.8) is 0 Å². The Morgan fingerprint density at radius 2 is 2.04 bits per heavy atom. The molecule has 4 rings (SSSR count). The van der Waals surface area contributed by atoms with Crippen LogP contribution in [-0.4, -0.2) is 47.4 Å². The Morgan fingerprint density at radius 3 is 2.73 bits per heavy atom. The molecule has 0 aliphatic carbocycles. The van der Waals surface area contributed by atoms with E-state index in [-0.39, 0.29) is 23.5 Å². The summed E-state index contributed by atoms with van der Waals surface area (Å²) in [6.07, 6.45) is -0.919. The van der Waals surface area contributed by atoms with Crippen LogP contribution in [0.2, 0.25) is 0 Å². The van der Waals surface area contributed by atoms with Crippen molar-refractivity contribution in [1.29, 1.82) is 0 Å². The van der Waals surface area contributed by atoms with Gasteiger partial charge in [-0.2, -0.15) is 0 Å². The fourth-order valence-corrected chi connectivity index (χ4v) is 4.72. The number of rotatable bonds is 2. The van der Waals surface area contributed by atoms with Crippen molar-refractivity contribution >= 4 is 29.1 Å². The van der Waals surface area contributed by atoms with Gasteiger partial charge in [-0.05, 0) is 36.2 Å². The van der Waals surface area contributed by atoms with E-state index in [0.29, 0.717) is 30.1 Å². The van der Waals surface area contributed by atoms with Crippen molar-refractivity contribution in [2.75, 3.05) is 19.6 Å². The second-order valence-electron chi connectivity index (χ2n) is 6.79. The van der Waals surface area contributed by atoms with Crippen LogP contribution in [0.1, 0.15) is 38.4 Å². The summed E-state index contributed by atoms with van der Waals surface area (Å²) >= 11 is 1.41. The molecule has 2 amide bonds. The minimum absolute atomic E-state index is 0.0187. The Labute approximate surface area is 154 Å². The smallest absolute Gasteiger partial charge is 0.407 e. The van der Waals surface area contributed by atoms with Gasteiger partial charge in [-0.25, -0.2) is 4.79 Å². The summed E-state index contributed by atoms with van der Waals surface area (Å²) in [5.41, 5.74) is 2.39. The maximum atomic E-state index is 12.6. The molecule has 6 nitrogen and oxygen atoms in total. The maximum Gasteiger partial charge on any atom is 0.407 e. The second-order valence-corrected chi connectivity index (χ2v) is 7.87. The van der Waals surface area contributed by atoms with E-state index in [2.05, 4.69) is 5.32 Å². The van der Waals surface area contributed by atoms with E-state index in [9.17, 15) is 19.5 Å². The number of Topliss-reactive ketones (excluding diaryl/α,β-unsaturated/α-hetero) is 1. The molecule has 26 heavy (non-hydrogen) atoms. The summed E-state index contributed by atoms with van der Waals surface area (Å²) in [5.74, 6) is 0.0104. The Bertz CT molecular complexity index is 920. The largest absolute Gasteiger partial charge is 0.465 e. The minimum Gasteiger partial charge on any atom is -0.465 e. The van der Waals surface area contributed by atoms with Crippen LogP contribution in [0, 0.1) is 5.92 Å². The van der Waals surface area contributed by atoms with Crippen LogP contribution >= 0.6 is 11.3 Å². The third-order valence-electron chi connectivity index (χ3n) is 5.17. The predicted molar refractivity (Wildman–Crippen MR) is 97.9 cm³/mol. The molecule has 0 radical (unpaired) electrons. The van der Waals surface area contributed by atoms with Gasteiger partial charge in [0.25, 0.3) is 5.91 Å².